The van der Waals surface area contributed by atoms with Crippen molar-refractivity contribution in [2.75, 3.05) is 31.6 Å². The number of anilines is 1. The van der Waals surface area contributed by atoms with Crippen LogP contribution in [0.15, 0.2) is 24.3 Å². The highest BCUT2D eigenvalue weighted by Gasteiger charge is 2.24. The van der Waals surface area contributed by atoms with E-state index in [0.717, 1.165) is 32.2 Å². The molecule has 0 unspecified atom stereocenters. The molecule has 1 aliphatic heterocycles. The maximum absolute atomic E-state index is 12.0. The van der Waals surface area contributed by atoms with Crippen molar-refractivity contribution in [3.63, 3.8) is 0 Å². The fraction of sp³-hybridized carbons (Fsp3) is 0.611. The zero-order chi connectivity index (χ0) is 16.2. The zero-order valence-corrected chi connectivity index (χ0v) is 13.8. The minimum Gasteiger partial charge on any atom is -0.393 e. The number of fused-ring (bicyclic) bond motifs is 1. The Balaban J connectivity index is 1.47. The molecule has 23 heavy (non-hydrogen) atoms. The Morgan fingerprint density at radius 1 is 1.22 bits per heavy atom. The van der Waals surface area contributed by atoms with Gasteiger partial charge in [-0.2, -0.15) is 0 Å². The monoisotopic (exact) mass is 317 g/mol. The standard InChI is InChI=1S/C18H27N3O2/c1-21-9-8-14(16-4-2-3-5-17(16)21)12-20-18(23)19-11-13-6-7-15(22)10-13/h2-5,13-15,22H,6-12H2,1H3,(H2,19,20,23)/t13-,14-,15+/m1/s1. The van der Waals surface area contributed by atoms with Crippen LogP contribution >= 0.6 is 0 Å². The maximum Gasteiger partial charge on any atom is 0.314 e. The SMILES string of the molecule is CN1CC[C@H](CNC(=O)NC[C@@H]2CC[C@H](O)C2)c2ccccc21. The molecule has 3 atom stereocenters. The molecule has 3 N–H and O–H groups in total. The van der Waals surface area contributed by atoms with Gasteiger partial charge in [0.05, 0.1) is 6.10 Å². The first-order valence-electron chi connectivity index (χ1n) is 8.63. The number of carbonyl (C=O) groups excluding carboxylic acids is 1. The molecule has 1 heterocycles. The zero-order valence-electron chi connectivity index (χ0n) is 13.8. The Labute approximate surface area is 138 Å². The Bertz CT molecular complexity index is 549. The van der Waals surface area contributed by atoms with Crippen LogP contribution in [0.4, 0.5) is 10.5 Å². The lowest BCUT2D eigenvalue weighted by atomic mass is 9.90. The Morgan fingerprint density at radius 3 is 2.78 bits per heavy atom. The number of nitrogens with one attached hydrogen (secondary N) is 2. The molecule has 126 valence electrons. The third-order valence-electron chi connectivity index (χ3n) is 5.17. The number of nitrogens with zero attached hydrogens (tertiary/aromatic N) is 1. The van der Waals surface area contributed by atoms with Crippen molar-refractivity contribution in [2.45, 2.75) is 37.7 Å². The van der Waals surface area contributed by atoms with Gasteiger partial charge in [0, 0.05) is 38.3 Å². The topological polar surface area (TPSA) is 64.6 Å². The molecule has 1 aromatic carbocycles. The first-order chi connectivity index (χ1) is 11.1. The largest absolute Gasteiger partial charge is 0.393 e. The van der Waals surface area contributed by atoms with E-state index in [0.29, 0.717) is 24.9 Å². The second-order valence-corrected chi connectivity index (χ2v) is 6.89. The molecule has 0 bridgehead atoms. The first kappa shape index (κ1) is 16.1. The van der Waals surface area contributed by atoms with Crippen molar-refractivity contribution in [1.29, 1.82) is 0 Å². The highest BCUT2D eigenvalue weighted by atomic mass is 16.3. The number of urea groups is 1. The number of aliphatic hydroxyl groups excluding tert-OH is 1. The van der Waals surface area contributed by atoms with Gasteiger partial charge in [0.1, 0.15) is 0 Å². The second kappa shape index (κ2) is 7.21. The molecule has 2 aliphatic rings. The molecule has 3 rings (SSSR count). The van der Waals surface area contributed by atoms with E-state index in [2.05, 4.69) is 46.8 Å². The third kappa shape index (κ3) is 3.96. The van der Waals surface area contributed by atoms with Crippen LogP contribution in [0.25, 0.3) is 0 Å². The molecule has 1 aliphatic carbocycles. The van der Waals surface area contributed by atoms with Crippen molar-refractivity contribution in [3.8, 4) is 0 Å². The summed E-state index contributed by atoms with van der Waals surface area (Å²) in [6.07, 6.45) is 3.55. The van der Waals surface area contributed by atoms with Crippen molar-refractivity contribution in [1.82, 2.24) is 10.6 Å². The number of benzene rings is 1. The number of aliphatic hydroxyl groups is 1. The molecule has 0 spiro atoms. The predicted octanol–water partition coefficient (Wildman–Crippen LogP) is 2.07. The van der Waals surface area contributed by atoms with E-state index in [1.807, 2.05) is 0 Å². The normalized spacial score (nSPS) is 26.7. The van der Waals surface area contributed by atoms with Gasteiger partial charge in [-0.25, -0.2) is 4.79 Å². The van der Waals surface area contributed by atoms with Gasteiger partial charge in [0.2, 0.25) is 0 Å². The second-order valence-electron chi connectivity index (χ2n) is 6.89. The molecule has 2 amide bonds. The molecule has 0 aromatic heterocycles. The lowest BCUT2D eigenvalue weighted by Crippen LogP contribution is -2.41. The molecule has 5 heteroatoms. The average molecular weight is 317 g/mol. The van der Waals surface area contributed by atoms with Gasteiger partial charge in [0.25, 0.3) is 0 Å². The van der Waals surface area contributed by atoms with Crippen LogP contribution in [0.1, 0.15) is 37.2 Å². The van der Waals surface area contributed by atoms with Crippen LogP contribution in [0, 0.1) is 5.92 Å². The average Bonchev–Trinajstić information content (AvgIpc) is 2.98. The van der Waals surface area contributed by atoms with Gasteiger partial charge in [-0.05, 0) is 43.2 Å². The van der Waals surface area contributed by atoms with Gasteiger partial charge >= 0.3 is 6.03 Å². The van der Waals surface area contributed by atoms with E-state index in [9.17, 15) is 9.90 Å². The minimum atomic E-state index is -0.180. The van der Waals surface area contributed by atoms with E-state index in [-0.39, 0.29) is 12.1 Å². The summed E-state index contributed by atoms with van der Waals surface area (Å²) < 4.78 is 0. The van der Waals surface area contributed by atoms with Gasteiger partial charge in [-0.3, -0.25) is 0 Å². The summed E-state index contributed by atoms with van der Waals surface area (Å²) in [6.45, 7) is 2.35. The lowest BCUT2D eigenvalue weighted by molar-refractivity contribution is 0.177. The van der Waals surface area contributed by atoms with Crippen LogP contribution in [0.5, 0.6) is 0 Å². The molecule has 1 saturated carbocycles. The number of carbonyl (C=O) groups is 1. The molecular weight excluding hydrogens is 290 g/mol. The fourth-order valence-electron chi connectivity index (χ4n) is 3.77. The van der Waals surface area contributed by atoms with Crippen molar-refractivity contribution >= 4 is 11.7 Å². The Morgan fingerprint density at radius 2 is 2.00 bits per heavy atom. The summed E-state index contributed by atoms with van der Waals surface area (Å²) in [5.41, 5.74) is 2.59. The molecule has 1 aromatic rings. The number of hydrogen-bond acceptors (Lipinski definition) is 3. The van der Waals surface area contributed by atoms with Crippen LogP contribution in [-0.2, 0) is 0 Å². The van der Waals surface area contributed by atoms with Crippen LogP contribution in [0.3, 0.4) is 0 Å². The molecule has 0 radical (unpaired) electrons. The smallest absolute Gasteiger partial charge is 0.314 e. The van der Waals surface area contributed by atoms with Crippen LogP contribution in [-0.4, -0.2) is 43.9 Å². The lowest BCUT2D eigenvalue weighted by Gasteiger charge is -2.33. The van der Waals surface area contributed by atoms with Gasteiger partial charge in [-0.1, -0.05) is 18.2 Å². The molecule has 5 nitrogen and oxygen atoms in total. The van der Waals surface area contributed by atoms with Gasteiger partial charge < -0.3 is 20.6 Å². The summed E-state index contributed by atoms with van der Waals surface area (Å²) >= 11 is 0. The summed E-state index contributed by atoms with van der Waals surface area (Å²) in [5, 5.41) is 15.5. The number of rotatable bonds is 4. The minimum absolute atomic E-state index is 0.0946. The summed E-state index contributed by atoms with van der Waals surface area (Å²) in [7, 11) is 2.12. The number of amides is 2. The fourth-order valence-corrected chi connectivity index (χ4v) is 3.77. The van der Waals surface area contributed by atoms with E-state index < -0.39 is 0 Å². The highest BCUT2D eigenvalue weighted by molar-refractivity contribution is 5.74. The van der Waals surface area contributed by atoms with Crippen LogP contribution in [0.2, 0.25) is 0 Å². The van der Waals surface area contributed by atoms with Crippen molar-refractivity contribution < 1.29 is 9.90 Å². The molecular formula is C18H27N3O2. The molecule has 0 saturated heterocycles. The van der Waals surface area contributed by atoms with Crippen LogP contribution < -0.4 is 15.5 Å². The summed E-state index contributed by atoms with van der Waals surface area (Å²) in [6, 6.07) is 8.34. The van der Waals surface area contributed by atoms with E-state index in [1.165, 1.54) is 11.3 Å². The molecule has 1 fully saturated rings. The van der Waals surface area contributed by atoms with E-state index in [4.69, 9.17) is 0 Å². The van der Waals surface area contributed by atoms with E-state index >= 15 is 0 Å². The van der Waals surface area contributed by atoms with Gasteiger partial charge in [-0.15, -0.1) is 0 Å². The summed E-state index contributed by atoms with van der Waals surface area (Å²) in [4.78, 5) is 14.3. The number of para-hydroxylation sites is 1. The van der Waals surface area contributed by atoms with Crippen molar-refractivity contribution in [3.05, 3.63) is 29.8 Å². The third-order valence-corrected chi connectivity index (χ3v) is 5.17. The maximum atomic E-state index is 12.0. The highest BCUT2D eigenvalue weighted by Crippen LogP contribution is 2.33. The quantitative estimate of drug-likeness (QED) is 0.796. The van der Waals surface area contributed by atoms with Crippen molar-refractivity contribution in [2.24, 2.45) is 5.92 Å². The first-order valence-corrected chi connectivity index (χ1v) is 8.63. The van der Waals surface area contributed by atoms with E-state index in [1.54, 1.807) is 0 Å². The Hall–Kier alpha value is -1.75. The van der Waals surface area contributed by atoms with Gasteiger partial charge in [0.15, 0.2) is 0 Å². The number of hydrogen-bond donors (Lipinski definition) is 3. The Kier molecular flexibility index (Phi) is 5.06. The predicted molar refractivity (Wildman–Crippen MR) is 91.8 cm³/mol. The summed E-state index contributed by atoms with van der Waals surface area (Å²) in [5.74, 6) is 0.793.